The third kappa shape index (κ3) is 3.97. The third-order valence-corrected chi connectivity index (χ3v) is 4.81. The van der Waals surface area contributed by atoms with Gasteiger partial charge in [0.05, 0.1) is 29.5 Å². The summed E-state index contributed by atoms with van der Waals surface area (Å²) in [5.74, 6) is 0.446. The van der Waals surface area contributed by atoms with Gasteiger partial charge < -0.3 is 14.2 Å². The van der Waals surface area contributed by atoms with E-state index in [1.54, 1.807) is 24.5 Å². The zero-order valence-corrected chi connectivity index (χ0v) is 16.3. The van der Waals surface area contributed by atoms with Crippen molar-refractivity contribution in [3.63, 3.8) is 0 Å². The van der Waals surface area contributed by atoms with Gasteiger partial charge in [0.1, 0.15) is 5.75 Å². The number of aromatic nitrogens is 4. The molecular formula is C20H16ClF3N4O2. The first-order valence-electron chi connectivity index (χ1n) is 9.09. The van der Waals surface area contributed by atoms with Crippen molar-refractivity contribution in [1.29, 1.82) is 0 Å². The van der Waals surface area contributed by atoms with Crippen LogP contribution in [0.1, 0.15) is 18.4 Å². The highest BCUT2D eigenvalue weighted by atomic mass is 35.5. The van der Waals surface area contributed by atoms with Crippen LogP contribution >= 0.6 is 12.4 Å². The zero-order valence-electron chi connectivity index (χ0n) is 15.4. The van der Waals surface area contributed by atoms with E-state index in [1.807, 2.05) is 0 Å². The Morgan fingerprint density at radius 1 is 1.10 bits per heavy atom. The van der Waals surface area contributed by atoms with E-state index in [9.17, 15) is 13.2 Å². The second kappa shape index (κ2) is 7.64. The molecule has 10 heteroatoms. The number of imidazole rings is 1. The molecule has 0 radical (unpaired) electrons. The normalized spacial score (nSPS) is 14.0. The lowest BCUT2D eigenvalue weighted by molar-refractivity contribution is -0.138. The van der Waals surface area contributed by atoms with Crippen LogP contribution in [0.4, 0.5) is 13.2 Å². The highest BCUT2D eigenvalue weighted by Gasteiger charge is 2.36. The van der Waals surface area contributed by atoms with Crippen LogP contribution in [0.15, 0.2) is 47.2 Å². The first-order chi connectivity index (χ1) is 14.0. The molecular weight excluding hydrogens is 421 g/mol. The van der Waals surface area contributed by atoms with Gasteiger partial charge in [-0.15, -0.1) is 12.4 Å². The Bertz CT molecular complexity index is 1180. The maximum atomic E-state index is 13.5. The molecule has 0 aliphatic heterocycles. The van der Waals surface area contributed by atoms with E-state index in [0.29, 0.717) is 18.1 Å². The number of halogens is 4. The number of ether oxygens (including phenoxy) is 1. The number of hydrogen-bond donors (Lipinski definition) is 1. The van der Waals surface area contributed by atoms with E-state index in [0.717, 1.165) is 29.9 Å². The number of alkyl halides is 3. The quantitative estimate of drug-likeness (QED) is 0.446. The summed E-state index contributed by atoms with van der Waals surface area (Å²) in [7, 11) is 0. The first-order valence-corrected chi connectivity index (χ1v) is 9.09. The number of H-pyrrole nitrogens is 1. The number of nitrogens with one attached hydrogen (secondary N) is 1. The Kier molecular flexibility index (Phi) is 5.15. The largest absolute Gasteiger partial charge is 0.493 e. The van der Waals surface area contributed by atoms with Gasteiger partial charge in [-0.1, -0.05) is 5.16 Å². The van der Waals surface area contributed by atoms with Gasteiger partial charge >= 0.3 is 6.18 Å². The van der Waals surface area contributed by atoms with Gasteiger partial charge in [-0.05, 0) is 55.2 Å². The molecule has 5 rings (SSSR count). The molecule has 2 heterocycles. The SMILES string of the molecule is Cl.FC(F)(F)c1cc(-c2nc(-c3ccc4nc[nH]c4c3)no2)ccc1OCC1CC1. The Labute approximate surface area is 174 Å². The van der Waals surface area contributed by atoms with Gasteiger partial charge in [0, 0.05) is 11.1 Å². The molecule has 1 aliphatic rings. The minimum absolute atomic E-state index is 0. The molecule has 0 saturated heterocycles. The summed E-state index contributed by atoms with van der Waals surface area (Å²) in [4.78, 5) is 11.4. The molecule has 0 spiro atoms. The maximum Gasteiger partial charge on any atom is 0.419 e. The monoisotopic (exact) mass is 436 g/mol. The molecule has 0 amide bonds. The molecule has 1 fully saturated rings. The molecule has 0 bridgehead atoms. The minimum atomic E-state index is -4.55. The number of fused-ring (bicyclic) bond motifs is 1. The summed E-state index contributed by atoms with van der Waals surface area (Å²) in [6.07, 6.45) is -0.992. The topological polar surface area (TPSA) is 76.8 Å². The molecule has 0 atom stereocenters. The Morgan fingerprint density at radius 2 is 1.90 bits per heavy atom. The average Bonchev–Trinajstić information content (AvgIpc) is 3.20. The maximum absolute atomic E-state index is 13.5. The Balaban J connectivity index is 0.00000218. The fraction of sp³-hybridized carbons (Fsp3) is 0.250. The van der Waals surface area contributed by atoms with Crippen LogP contribution in [0, 0.1) is 5.92 Å². The van der Waals surface area contributed by atoms with Crippen molar-refractivity contribution in [3.05, 3.63) is 48.3 Å². The number of rotatable bonds is 5. The molecule has 2 aromatic heterocycles. The molecule has 2 aromatic carbocycles. The van der Waals surface area contributed by atoms with E-state index >= 15 is 0 Å². The lowest BCUT2D eigenvalue weighted by atomic mass is 10.1. The fourth-order valence-electron chi connectivity index (χ4n) is 3.04. The van der Waals surface area contributed by atoms with E-state index in [-0.39, 0.29) is 35.4 Å². The molecule has 0 unspecified atom stereocenters. The lowest BCUT2D eigenvalue weighted by Gasteiger charge is -2.14. The molecule has 156 valence electrons. The standard InChI is InChI=1S/C20H15F3N4O2.ClH/c21-20(22,23)14-7-13(4-6-17(14)28-9-11-1-2-11)19-26-18(27-29-19)12-3-5-15-16(8-12)25-10-24-15;/h3-8,10-11H,1-2,9H2,(H,24,25);1H. The average molecular weight is 437 g/mol. The van der Waals surface area contributed by atoms with Crippen LogP contribution in [0.25, 0.3) is 33.9 Å². The highest BCUT2D eigenvalue weighted by Crippen LogP contribution is 2.40. The van der Waals surface area contributed by atoms with Crippen molar-refractivity contribution < 1.29 is 22.4 Å². The molecule has 1 N–H and O–H groups in total. The predicted octanol–water partition coefficient (Wildman–Crippen LogP) is 5.51. The van der Waals surface area contributed by atoms with E-state index in [1.165, 1.54) is 12.1 Å². The second-order valence-corrected chi connectivity index (χ2v) is 7.02. The van der Waals surface area contributed by atoms with Gasteiger partial charge in [0.15, 0.2) is 0 Å². The number of hydrogen-bond acceptors (Lipinski definition) is 5. The van der Waals surface area contributed by atoms with Crippen molar-refractivity contribution in [2.75, 3.05) is 6.61 Å². The van der Waals surface area contributed by atoms with Gasteiger partial charge in [0.2, 0.25) is 5.82 Å². The third-order valence-electron chi connectivity index (χ3n) is 4.81. The Morgan fingerprint density at radius 3 is 2.67 bits per heavy atom. The summed E-state index contributed by atoms with van der Waals surface area (Å²) < 4.78 is 51.2. The van der Waals surface area contributed by atoms with Crippen molar-refractivity contribution >= 4 is 23.4 Å². The number of nitrogens with zero attached hydrogens (tertiary/aromatic N) is 3. The summed E-state index contributed by atoms with van der Waals surface area (Å²) >= 11 is 0. The molecule has 1 saturated carbocycles. The van der Waals surface area contributed by atoms with Crippen LogP contribution in [-0.4, -0.2) is 26.7 Å². The van der Waals surface area contributed by atoms with Gasteiger partial charge in [-0.3, -0.25) is 0 Å². The smallest absolute Gasteiger partial charge is 0.419 e. The van der Waals surface area contributed by atoms with Gasteiger partial charge in [-0.2, -0.15) is 18.2 Å². The lowest BCUT2D eigenvalue weighted by Crippen LogP contribution is -2.10. The molecule has 6 nitrogen and oxygen atoms in total. The van der Waals surface area contributed by atoms with E-state index in [2.05, 4.69) is 20.1 Å². The van der Waals surface area contributed by atoms with Crippen LogP contribution in [0.5, 0.6) is 5.75 Å². The zero-order chi connectivity index (χ0) is 20.0. The van der Waals surface area contributed by atoms with Gasteiger partial charge in [0.25, 0.3) is 5.89 Å². The number of benzene rings is 2. The predicted molar refractivity (Wildman–Crippen MR) is 105 cm³/mol. The van der Waals surface area contributed by atoms with Crippen molar-refractivity contribution in [2.45, 2.75) is 19.0 Å². The van der Waals surface area contributed by atoms with Crippen LogP contribution in [0.3, 0.4) is 0 Å². The Hall–Kier alpha value is -3.07. The van der Waals surface area contributed by atoms with E-state index < -0.39 is 11.7 Å². The van der Waals surface area contributed by atoms with Crippen molar-refractivity contribution in [1.82, 2.24) is 20.1 Å². The second-order valence-electron chi connectivity index (χ2n) is 7.02. The van der Waals surface area contributed by atoms with Crippen molar-refractivity contribution in [2.24, 2.45) is 5.92 Å². The van der Waals surface area contributed by atoms with E-state index in [4.69, 9.17) is 9.26 Å². The summed E-state index contributed by atoms with van der Waals surface area (Å²) in [5.41, 5.74) is 1.57. The highest BCUT2D eigenvalue weighted by molar-refractivity contribution is 5.85. The van der Waals surface area contributed by atoms with Gasteiger partial charge in [-0.25, -0.2) is 4.98 Å². The first kappa shape index (κ1) is 20.2. The van der Waals surface area contributed by atoms with Crippen LogP contribution in [0.2, 0.25) is 0 Å². The number of aromatic amines is 1. The fourth-order valence-corrected chi connectivity index (χ4v) is 3.04. The summed E-state index contributed by atoms with van der Waals surface area (Å²) in [6.45, 7) is 0.295. The summed E-state index contributed by atoms with van der Waals surface area (Å²) in [6, 6.07) is 9.15. The van der Waals surface area contributed by atoms with Crippen LogP contribution < -0.4 is 4.74 Å². The molecule has 4 aromatic rings. The summed E-state index contributed by atoms with van der Waals surface area (Å²) in [5, 5.41) is 3.90. The molecule has 1 aliphatic carbocycles. The molecule has 30 heavy (non-hydrogen) atoms. The van der Waals surface area contributed by atoms with Crippen LogP contribution in [-0.2, 0) is 6.18 Å². The minimum Gasteiger partial charge on any atom is -0.493 e. The van der Waals surface area contributed by atoms with Crippen molar-refractivity contribution in [3.8, 4) is 28.6 Å².